The fourth-order valence-corrected chi connectivity index (χ4v) is 4.51. The highest BCUT2D eigenvalue weighted by molar-refractivity contribution is 7.07. The first kappa shape index (κ1) is 20.0. The first-order valence-corrected chi connectivity index (χ1v) is 10.3. The number of ether oxygens (including phenoxy) is 1. The Balaban J connectivity index is 1.97. The number of thiazole rings is 1. The van der Waals surface area contributed by atoms with Crippen LogP contribution < -0.4 is 14.9 Å². The Hall–Kier alpha value is -3.32. The summed E-state index contributed by atoms with van der Waals surface area (Å²) in [6.45, 7) is 3.68. The minimum absolute atomic E-state index is 0.217. The van der Waals surface area contributed by atoms with E-state index < -0.39 is 17.8 Å². The summed E-state index contributed by atoms with van der Waals surface area (Å²) in [6.07, 6.45) is 1.52. The van der Waals surface area contributed by atoms with Crippen LogP contribution in [0.1, 0.15) is 31.0 Å². The minimum Gasteiger partial charge on any atom is -0.463 e. The summed E-state index contributed by atoms with van der Waals surface area (Å²) in [5.41, 5.74) is 1.59. The van der Waals surface area contributed by atoms with Crippen molar-refractivity contribution in [3.8, 4) is 0 Å². The van der Waals surface area contributed by atoms with Crippen LogP contribution in [0.4, 0.5) is 4.39 Å². The molecule has 1 unspecified atom stereocenters. The Labute approximate surface area is 176 Å². The van der Waals surface area contributed by atoms with E-state index in [4.69, 9.17) is 4.74 Å². The number of hydrogen-bond donors (Lipinski definition) is 0. The van der Waals surface area contributed by atoms with E-state index in [2.05, 4.69) is 4.99 Å². The van der Waals surface area contributed by atoms with Crippen LogP contribution in [0.2, 0.25) is 0 Å². The van der Waals surface area contributed by atoms with Crippen molar-refractivity contribution >= 4 is 23.4 Å². The second-order valence-corrected chi connectivity index (χ2v) is 7.74. The molecule has 1 aliphatic heterocycles. The third-order valence-electron chi connectivity index (χ3n) is 4.82. The molecule has 0 fully saturated rings. The molecule has 0 bridgehead atoms. The molecular weight excluding hydrogens is 403 g/mol. The van der Waals surface area contributed by atoms with Crippen LogP contribution in [0.5, 0.6) is 0 Å². The van der Waals surface area contributed by atoms with Crippen molar-refractivity contribution in [2.24, 2.45) is 4.99 Å². The molecule has 0 aliphatic carbocycles. The number of rotatable bonds is 4. The Morgan fingerprint density at radius 1 is 1.20 bits per heavy atom. The second kappa shape index (κ2) is 8.20. The van der Waals surface area contributed by atoms with E-state index in [0.717, 1.165) is 5.56 Å². The molecule has 152 valence electrons. The minimum atomic E-state index is -0.663. The van der Waals surface area contributed by atoms with E-state index >= 15 is 0 Å². The molecule has 5 nitrogen and oxygen atoms in total. The lowest BCUT2D eigenvalue weighted by molar-refractivity contribution is -0.139. The standard InChI is InChI=1S/C23H19FN2O3S/c1-3-29-22(28)19-14(2)25-23-26(20(19)15-9-5-4-6-10-15)21(27)18(30-23)13-16-11-7-8-12-17(16)24/h4-13,20H,3H2,1-2H3/b18-13+. The third kappa shape index (κ3) is 3.52. The zero-order chi connectivity index (χ0) is 21.3. The van der Waals surface area contributed by atoms with Crippen LogP contribution >= 0.6 is 11.3 Å². The Morgan fingerprint density at radius 3 is 2.60 bits per heavy atom. The third-order valence-corrected chi connectivity index (χ3v) is 5.81. The van der Waals surface area contributed by atoms with Gasteiger partial charge in [0, 0.05) is 5.56 Å². The van der Waals surface area contributed by atoms with Gasteiger partial charge in [-0.05, 0) is 31.6 Å². The van der Waals surface area contributed by atoms with Crippen molar-refractivity contribution in [1.82, 2.24) is 4.57 Å². The predicted molar refractivity (Wildman–Crippen MR) is 113 cm³/mol. The zero-order valence-electron chi connectivity index (χ0n) is 16.5. The molecule has 1 aromatic heterocycles. The number of carbonyl (C=O) groups is 1. The second-order valence-electron chi connectivity index (χ2n) is 6.73. The molecule has 1 atom stereocenters. The van der Waals surface area contributed by atoms with Crippen molar-refractivity contribution in [2.45, 2.75) is 19.9 Å². The lowest BCUT2D eigenvalue weighted by atomic mass is 9.96. The van der Waals surface area contributed by atoms with Crippen molar-refractivity contribution in [3.05, 3.63) is 102 Å². The number of carbonyl (C=O) groups excluding carboxylic acids is 1. The van der Waals surface area contributed by atoms with Gasteiger partial charge in [-0.25, -0.2) is 14.2 Å². The molecule has 0 saturated heterocycles. The molecule has 3 aromatic rings. The van der Waals surface area contributed by atoms with Crippen molar-refractivity contribution in [3.63, 3.8) is 0 Å². The summed E-state index contributed by atoms with van der Waals surface area (Å²) < 4.78 is 21.2. The number of halogens is 1. The van der Waals surface area contributed by atoms with Gasteiger partial charge in [0.05, 0.1) is 28.5 Å². The molecule has 0 amide bonds. The predicted octanol–water partition coefficient (Wildman–Crippen LogP) is 2.94. The molecule has 0 spiro atoms. The summed E-state index contributed by atoms with van der Waals surface area (Å²) >= 11 is 1.17. The molecule has 7 heteroatoms. The molecule has 4 rings (SSSR count). The number of esters is 1. The first-order chi connectivity index (χ1) is 14.5. The highest BCUT2D eigenvalue weighted by atomic mass is 32.1. The van der Waals surface area contributed by atoms with Crippen LogP contribution in [-0.2, 0) is 9.53 Å². The van der Waals surface area contributed by atoms with Crippen LogP contribution in [0.15, 0.2) is 75.7 Å². The molecule has 0 N–H and O–H groups in total. The smallest absolute Gasteiger partial charge is 0.338 e. The fourth-order valence-electron chi connectivity index (χ4n) is 3.48. The maximum Gasteiger partial charge on any atom is 0.338 e. The Morgan fingerprint density at radius 2 is 1.90 bits per heavy atom. The molecular formula is C23H19FN2O3S. The molecule has 2 heterocycles. The van der Waals surface area contributed by atoms with Crippen LogP contribution in [0.25, 0.3) is 6.08 Å². The maximum absolute atomic E-state index is 14.1. The summed E-state index contributed by atoms with van der Waals surface area (Å²) in [4.78, 5) is 31.0. The average Bonchev–Trinajstić information content (AvgIpc) is 3.04. The topological polar surface area (TPSA) is 60.7 Å². The van der Waals surface area contributed by atoms with Gasteiger partial charge < -0.3 is 4.74 Å². The highest BCUT2D eigenvalue weighted by Crippen LogP contribution is 2.30. The summed E-state index contributed by atoms with van der Waals surface area (Å²) in [6, 6.07) is 14.9. The monoisotopic (exact) mass is 422 g/mol. The average molecular weight is 422 g/mol. The number of hydrogen-bond acceptors (Lipinski definition) is 5. The Kier molecular flexibility index (Phi) is 5.46. The van der Waals surface area contributed by atoms with Crippen LogP contribution in [0, 0.1) is 5.82 Å². The van der Waals surface area contributed by atoms with Gasteiger partial charge in [-0.2, -0.15) is 0 Å². The lowest BCUT2D eigenvalue weighted by Gasteiger charge is -2.24. The number of allylic oxidation sites excluding steroid dienone is 1. The van der Waals surface area contributed by atoms with Crippen LogP contribution in [0.3, 0.4) is 0 Å². The quantitative estimate of drug-likeness (QED) is 0.608. The maximum atomic E-state index is 14.1. The van der Waals surface area contributed by atoms with Gasteiger partial charge in [-0.15, -0.1) is 0 Å². The summed E-state index contributed by atoms with van der Waals surface area (Å²) in [5.74, 6) is -0.915. The molecule has 2 aromatic carbocycles. The number of aromatic nitrogens is 1. The van der Waals surface area contributed by atoms with E-state index in [9.17, 15) is 14.0 Å². The van der Waals surface area contributed by atoms with Crippen molar-refractivity contribution < 1.29 is 13.9 Å². The van der Waals surface area contributed by atoms with E-state index in [0.29, 0.717) is 26.2 Å². The van der Waals surface area contributed by atoms with Gasteiger partial charge in [0.1, 0.15) is 5.82 Å². The largest absolute Gasteiger partial charge is 0.463 e. The van der Waals surface area contributed by atoms with Gasteiger partial charge in [0.2, 0.25) is 0 Å². The van der Waals surface area contributed by atoms with E-state index in [1.165, 1.54) is 28.0 Å². The van der Waals surface area contributed by atoms with Gasteiger partial charge in [-0.3, -0.25) is 9.36 Å². The number of benzene rings is 2. The SMILES string of the molecule is CCOC(=O)C1=C(C)N=c2s/c(=C/c3ccccc3F)c(=O)n2C1c1ccccc1. The van der Waals surface area contributed by atoms with Crippen molar-refractivity contribution in [1.29, 1.82) is 0 Å². The van der Waals surface area contributed by atoms with Gasteiger partial charge in [-0.1, -0.05) is 59.9 Å². The van der Waals surface area contributed by atoms with E-state index in [1.807, 2.05) is 30.3 Å². The van der Waals surface area contributed by atoms with E-state index in [1.54, 1.807) is 32.0 Å². The Bertz CT molecular complexity index is 1320. The summed E-state index contributed by atoms with van der Waals surface area (Å²) in [7, 11) is 0. The van der Waals surface area contributed by atoms with E-state index in [-0.39, 0.29) is 12.2 Å². The normalized spacial score (nSPS) is 16.2. The highest BCUT2D eigenvalue weighted by Gasteiger charge is 2.33. The lowest BCUT2D eigenvalue weighted by Crippen LogP contribution is -2.39. The van der Waals surface area contributed by atoms with Crippen molar-refractivity contribution in [2.75, 3.05) is 6.61 Å². The molecule has 0 saturated carbocycles. The summed E-state index contributed by atoms with van der Waals surface area (Å²) in [5, 5.41) is 0. The molecule has 0 radical (unpaired) electrons. The molecule has 30 heavy (non-hydrogen) atoms. The number of fused-ring (bicyclic) bond motifs is 1. The fraction of sp³-hybridized carbons (Fsp3) is 0.174. The van der Waals surface area contributed by atoms with Gasteiger partial charge in [0.25, 0.3) is 5.56 Å². The first-order valence-electron chi connectivity index (χ1n) is 9.50. The molecule has 1 aliphatic rings. The zero-order valence-corrected chi connectivity index (χ0v) is 17.3. The number of nitrogens with zero attached hydrogens (tertiary/aromatic N) is 2. The van der Waals surface area contributed by atoms with Gasteiger partial charge >= 0.3 is 5.97 Å². The van der Waals surface area contributed by atoms with Crippen LogP contribution in [-0.4, -0.2) is 17.1 Å². The van der Waals surface area contributed by atoms with Gasteiger partial charge in [0.15, 0.2) is 4.80 Å².